The van der Waals surface area contributed by atoms with Crippen LogP contribution in [-0.4, -0.2) is 94.9 Å². The smallest absolute Gasteiger partial charge is 0.327 e. The molecule has 0 amide bonds. The van der Waals surface area contributed by atoms with Crippen molar-refractivity contribution in [3.05, 3.63) is 45.9 Å². The molecule has 1 saturated heterocycles. The number of imidazole rings is 1. The van der Waals surface area contributed by atoms with E-state index in [0.29, 0.717) is 24.3 Å². The molecular weight excluding hydrogens is 606 g/mol. The van der Waals surface area contributed by atoms with Gasteiger partial charge in [-0.1, -0.05) is 37.6 Å². The maximum absolute atomic E-state index is 12.8. The van der Waals surface area contributed by atoms with Crippen LogP contribution in [0, 0.1) is 0 Å². The molecule has 3 heterocycles. The van der Waals surface area contributed by atoms with Crippen LogP contribution in [0.3, 0.4) is 0 Å². The Labute approximate surface area is 257 Å². The maximum Gasteiger partial charge on any atom is 0.327 e. The van der Waals surface area contributed by atoms with Crippen molar-refractivity contribution in [3.8, 4) is 6.01 Å². The largest absolute Gasteiger partial charge is 0.469 e. The van der Waals surface area contributed by atoms with Gasteiger partial charge in [0.05, 0.1) is 33.4 Å². The lowest BCUT2D eigenvalue weighted by atomic mass is 10.1. The summed E-state index contributed by atoms with van der Waals surface area (Å²) in [6.07, 6.45) is 3.89. The molecule has 0 unspecified atom stereocenters. The molecule has 4 rings (SSSR count). The molecule has 0 bridgehead atoms. The average Bonchev–Trinajstić information content (AvgIpc) is 3.29. The summed E-state index contributed by atoms with van der Waals surface area (Å²) in [4.78, 5) is 40.9. The van der Waals surface area contributed by atoms with Crippen molar-refractivity contribution in [2.24, 2.45) is 0 Å². The van der Waals surface area contributed by atoms with Crippen molar-refractivity contribution in [2.45, 2.75) is 52.1 Å². The van der Waals surface area contributed by atoms with Crippen molar-refractivity contribution in [2.75, 3.05) is 65.4 Å². The molecule has 3 N–H and O–H groups in total. The molecule has 13 heteroatoms. The summed E-state index contributed by atoms with van der Waals surface area (Å²) in [6, 6.07) is 8.26. The van der Waals surface area contributed by atoms with Gasteiger partial charge in [0.15, 0.2) is 11.5 Å². The standard InChI is InChI=1S/C29H43N7O5.BrH/c1-3-4-16-41-28-32-26(30)25-27(33-28)36(29(38)31-25)13-7-12-35(11-6-10-34-14-17-40-18-15-34)21-23-9-5-8-22(19-23)20-24(37)39-2;/h5,8-9,19H,3-4,6-7,10-18,20-21H2,1-2H3,(H,31,38)(H2,30,32,33);1H. The Morgan fingerprint density at radius 1 is 1.12 bits per heavy atom. The van der Waals surface area contributed by atoms with Gasteiger partial charge >= 0.3 is 17.7 Å². The van der Waals surface area contributed by atoms with E-state index in [1.165, 1.54) is 7.11 Å². The number of carbonyl (C=O) groups excluding carboxylic acids is 1. The number of halogens is 1. The number of hydrogen-bond donors (Lipinski definition) is 2. The third-order valence-corrected chi connectivity index (χ3v) is 7.24. The Morgan fingerprint density at radius 2 is 1.86 bits per heavy atom. The normalized spacial score (nSPS) is 13.8. The predicted octanol–water partition coefficient (Wildman–Crippen LogP) is 2.79. The molecule has 0 saturated carbocycles. The Hall–Kier alpha value is -3.00. The highest BCUT2D eigenvalue weighted by molar-refractivity contribution is 8.93. The van der Waals surface area contributed by atoms with Gasteiger partial charge in [-0.2, -0.15) is 9.97 Å². The second kappa shape index (κ2) is 17.2. The fraction of sp³-hybridized carbons (Fsp3) is 0.586. The molecule has 1 aromatic carbocycles. The fourth-order valence-corrected chi connectivity index (χ4v) is 5.01. The number of esters is 1. The third kappa shape index (κ3) is 9.79. The zero-order chi connectivity index (χ0) is 29.0. The molecule has 1 aliphatic heterocycles. The van der Waals surface area contributed by atoms with Crippen LogP contribution < -0.4 is 16.2 Å². The van der Waals surface area contributed by atoms with E-state index >= 15 is 0 Å². The summed E-state index contributed by atoms with van der Waals surface area (Å²) in [5.41, 5.74) is 8.81. The third-order valence-electron chi connectivity index (χ3n) is 7.24. The van der Waals surface area contributed by atoms with E-state index in [9.17, 15) is 9.59 Å². The van der Waals surface area contributed by atoms with Crippen molar-refractivity contribution in [1.29, 1.82) is 0 Å². The second-order valence-electron chi connectivity index (χ2n) is 10.4. The first-order valence-corrected chi connectivity index (χ1v) is 14.5. The van der Waals surface area contributed by atoms with Crippen LogP contribution in [0.2, 0.25) is 0 Å². The number of anilines is 1. The fourth-order valence-electron chi connectivity index (χ4n) is 5.01. The number of nitrogen functional groups attached to an aromatic ring is 1. The zero-order valence-corrected chi connectivity index (χ0v) is 26.4. The number of nitrogens with two attached hydrogens (primary N) is 1. The van der Waals surface area contributed by atoms with Gasteiger partial charge in [-0.05, 0) is 43.5 Å². The van der Waals surface area contributed by atoms with E-state index in [1.807, 2.05) is 12.1 Å². The molecule has 0 radical (unpaired) electrons. The van der Waals surface area contributed by atoms with Gasteiger partial charge in [0, 0.05) is 32.7 Å². The van der Waals surface area contributed by atoms with Crippen LogP contribution >= 0.6 is 17.0 Å². The Balaban J connectivity index is 0.00000484. The number of nitrogens with zero attached hydrogens (tertiary/aromatic N) is 5. The topological polar surface area (TPSA) is 141 Å². The number of nitrogens with one attached hydrogen (secondary N) is 1. The quantitative estimate of drug-likeness (QED) is 0.176. The van der Waals surface area contributed by atoms with Crippen molar-refractivity contribution >= 4 is 39.9 Å². The highest BCUT2D eigenvalue weighted by atomic mass is 79.9. The van der Waals surface area contributed by atoms with E-state index in [-0.39, 0.29) is 46.9 Å². The monoisotopic (exact) mass is 649 g/mol. The number of rotatable bonds is 16. The van der Waals surface area contributed by atoms with Gasteiger partial charge in [0.1, 0.15) is 5.52 Å². The number of aromatic nitrogens is 4. The molecule has 2 aromatic heterocycles. The number of methoxy groups -OCH3 is 1. The summed E-state index contributed by atoms with van der Waals surface area (Å²) in [7, 11) is 1.40. The number of hydrogen-bond acceptors (Lipinski definition) is 10. The highest BCUT2D eigenvalue weighted by Gasteiger charge is 2.16. The lowest BCUT2D eigenvalue weighted by Crippen LogP contribution is -2.38. The van der Waals surface area contributed by atoms with Crippen molar-refractivity contribution in [1.82, 2.24) is 29.3 Å². The molecular formula is C29H44BrN7O5. The molecule has 1 aliphatic rings. The van der Waals surface area contributed by atoms with Gasteiger partial charge in [0.25, 0.3) is 0 Å². The van der Waals surface area contributed by atoms with Gasteiger partial charge in [-0.25, -0.2) is 4.79 Å². The van der Waals surface area contributed by atoms with Crippen LogP contribution in [0.15, 0.2) is 29.1 Å². The molecule has 0 atom stereocenters. The first kappa shape index (κ1) is 33.5. The van der Waals surface area contributed by atoms with Gasteiger partial charge < -0.3 is 24.9 Å². The van der Waals surface area contributed by atoms with Crippen LogP contribution in [0.4, 0.5) is 5.82 Å². The number of carbonyl (C=O) groups is 1. The minimum atomic E-state index is -0.263. The molecule has 12 nitrogen and oxygen atoms in total. The minimum Gasteiger partial charge on any atom is -0.469 e. The summed E-state index contributed by atoms with van der Waals surface area (Å²) >= 11 is 0. The number of aromatic amines is 1. The number of H-pyrrole nitrogens is 1. The SMILES string of the molecule is Br.CCCCOc1nc(N)c2[nH]c(=O)n(CCCN(CCCN3CCOCC3)Cc3cccc(CC(=O)OC)c3)c2n1. The van der Waals surface area contributed by atoms with Crippen LogP contribution in [0.5, 0.6) is 6.01 Å². The van der Waals surface area contributed by atoms with Gasteiger partial charge in [-0.3, -0.25) is 19.2 Å². The molecule has 3 aromatic rings. The number of benzene rings is 1. The first-order chi connectivity index (χ1) is 20.0. The van der Waals surface area contributed by atoms with Crippen molar-refractivity contribution in [3.63, 3.8) is 0 Å². The van der Waals surface area contributed by atoms with E-state index in [1.54, 1.807) is 4.57 Å². The molecule has 0 spiro atoms. The minimum absolute atomic E-state index is 0. The van der Waals surface area contributed by atoms with Gasteiger partial charge in [-0.15, -0.1) is 17.0 Å². The van der Waals surface area contributed by atoms with E-state index in [2.05, 4.69) is 43.8 Å². The predicted molar refractivity (Wildman–Crippen MR) is 167 cm³/mol. The number of ether oxygens (including phenoxy) is 3. The van der Waals surface area contributed by atoms with Crippen LogP contribution in [0.1, 0.15) is 43.7 Å². The molecule has 232 valence electrons. The van der Waals surface area contributed by atoms with Gasteiger partial charge in [0.2, 0.25) is 0 Å². The summed E-state index contributed by atoms with van der Waals surface area (Å²) < 4.78 is 17.6. The van der Waals surface area contributed by atoms with E-state index in [0.717, 1.165) is 89.3 Å². The number of aryl methyl sites for hydroxylation is 1. The second-order valence-corrected chi connectivity index (χ2v) is 10.4. The highest BCUT2D eigenvalue weighted by Crippen LogP contribution is 2.18. The van der Waals surface area contributed by atoms with E-state index in [4.69, 9.17) is 19.9 Å². The lowest BCUT2D eigenvalue weighted by Gasteiger charge is -2.28. The Kier molecular flexibility index (Phi) is 13.7. The maximum atomic E-state index is 12.8. The summed E-state index contributed by atoms with van der Waals surface area (Å²) in [5.74, 6) is -0.0500. The zero-order valence-electron chi connectivity index (χ0n) is 24.7. The summed E-state index contributed by atoms with van der Waals surface area (Å²) in [6.45, 7) is 10.0. The van der Waals surface area contributed by atoms with Crippen LogP contribution in [0.25, 0.3) is 11.2 Å². The molecule has 42 heavy (non-hydrogen) atoms. The van der Waals surface area contributed by atoms with Crippen molar-refractivity contribution < 1.29 is 19.0 Å². The molecule has 1 fully saturated rings. The first-order valence-electron chi connectivity index (χ1n) is 14.5. The number of fused-ring (bicyclic) bond motifs is 1. The molecule has 0 aliphatic carbocycles. The Bertz CT molecular complexity index is 1330. The van der Waals surface area contributed by atoms with E-state index < -0.39 is 0 Å². The lowest BCUT2D eigenvalue weighted by molar-refractivity contribution is -0.139. The Morgan fingerprint density at radius 3 is 2.60 bits per heavy atom. The van der Waals surface area contributed by atoms with Crippen LogP contribution in [-0.2, 0) is 33.8 Å². The number of unbranched alkanes of at least 4 members (excludes halogenated alkanes) is 1. The average molecular weight is 651 g/mol. The number of morpholine rings is 1. The summed E-state index contributed by atoms with van der Waals surface area (Å²) in [5, 5.41) is 0.